The fraction of sp³-hybridized carbons (Fsp3) is 0.143. The molecular formula is C14H14BrClN2O2S. The van der Waals surface area contributed by atoms with Crippen LogP contribution >= 0.6 is 27.5 Å². The topological polar surface area (TPSA) is 72.2 Å². The van der Waals surface area contributed by atoms with Gasteiger partial charge in [-0.3, -0.25) is 4.72 Å². The predicted molar refractivity (Wildman–Crippen MR) is 90.3 cm³/mol. The van der Waals surface area contributed by atoms with Crippen LogP contribution < -0.4 is 10.5 Å². The lowest BCUT2D eigenvalue weighted by Crippen LogP contribution is -2.15. The largest absolute Gasteiger partial charge is 0.398 e. The molecule has 2 rings (SSSR count). The van der Waals surface area contributed by atoms with Gasteiger partial charge in [-0.15, -0.1) is 0 Å². The Labute approximate surface area is 137 Å². The number of sulfonamides is 1. The van der Waals surface area contributed by atoms with Crippen LogP contribution in [0.5, 0.6) is 0 Å². The Balaban J connectivity index is 2.43. The van der Waals surface area contributed by atoms with Crippen molar-refractivity contribution in [1.29, 1.82) is 0 Å². The summed E-state index contributed by atoms with van der Waals surface area (Å²) < 4.78 is 28.0. The molecule has 0 bridgehead atoms. The summed E-state index contributed by atoms with van der Waals surface area (Å²) in [5.74, 6) is 0. The van der Waals surface area contributed by atoms with E-state index in [-0.39, 0.29) is 10.6 Å². The van der Waals surface area contributed by atoms with Gasteiger partial charge < -0.3 is 5.73 Å². The van der Waals surface area contributed by atoms with Gasteiger partial charge in [-0.2, -0.15) is 0 Å². The molecule has 2 aromatic rings. The molecule has 0 atom stereocenters. The Hall–Kier alpha value is -1.24. The van der Waals surface area contributed by atoms with E-state index >= 15 is 0 Å². The molecule has 0 aliphatic heterocycles. The molecule has 2 aromatic carbocycles. The van der Waals surface area contributed by atoms with Crippen molar-refractivity contribution in [1.82, 2.24) is 0 Å². The van der Waals surface area contributed by atoms with Crippen molar-refractivity contribution >= 4 is 48.9 Å². The van der Waals surface area contributed by atoms with E-state index in [1.165, 1.54) is 6.07 Å². The van der Waals surface area contributed by atoms with Gasteiger partial charge in [-0.05, 0) is 71.2 Å². The minimum atomic E-state index is -3.76. The lowest BCUT2D eigenvalue weighted by atomic mass is 10.1. The van der Waals surface area contributed by atoms with Crippen molar-refractivity contribution in [2.45, 2.75) is 18.7 Å². The average molecular weight is 390 g/mol. The normalized spacial score (nSPS) is 11.4. The maximum Gasteiger partial charge on any atom is 0.263 e. The zero-order valence-corrected chi connectivity index (χ0v) is 14.6. The van der Waals surface area contributed by atoms with Crippen molar-refractivity contribution in [3.05, 3.63) is 51.0 Å². The molecule has 0 spiro atoms. The van der Waals surface area contributed by atoms with Crippen LogP contribution in [0.25, 0.3) is 0 Å². The molecule has 0 unspecified atom stereocenters. The van der Waals surface area contributed by atoms with E-state index in [0.717, 1.165) is 11.1 Å². The van der Waals surface area contributed by atoms with Gasteiger partial charge in [0, 0.05) is 4.47 Å². The summed E-state index contributed by atoms with van der Waals surface area (Å²) in [4.78, 5) is 0.0599. The molecule has 0 aliphatic rings. The number of rotatable bonds is 3. The number of nitrogens with one attached hydrogen (secondary N) is 1. The van der Waals surface area contributed by atoms with Crippen molar-refractivity contribution < 1.29 is 8.42 Å². The summed E-state index contributed by atoms with van der Waals surface area (Å²) in [5.41, 5.74) is 8.23. The Bertz CT molecular complexity index is 807. The average Bonchev–Trinajstić information content (AvgIpc) is 2.37. The van der Waals surface area contributed by atoms with Gasteiger partial charge in [0.2, 0.25) is 0 Å². The fourth-order valence-corrected chi connectivity index (χ4v) is 3.49. The van der Waals surface area contributed by atoms with Gasteiger partial charge in [-0.25, -0.2) is 8.42 Å². The number of nitrogen functional groups attached to an aromatic ring is 1. The molecule has 0 aromatic heterocycles. The van der Waals surface area contributed by atoms with Gasteiger partial charge in [0.25, 0.3) is 10.0 Å². The lowest BCUT2D eigenvalue weighted by molar-refractivity contribution is 0.601. The Morgan fingerprint density at radius 1 is 1.14 bits per heavy atom. The molecule has 4 nitrogen and oxygen atoms in total. The molecular weight excluding hydrogens is 376 g/mol. The van der Waals surface area contributed by atoms with Crippen LogP contribution in [0.15, 0.2) is 39.7 Å². The third-order valence-corrected chi connectivity index (χ3v) is 5.76. The Kier molecular flexibility index (Phi) is 4.51. The third kappa shape index (κ3) is 3.51. The number of aryl methyl sites for hydroxylation is 2. The van der Waals surface area contributed by atoms with Crippen LogP contribution in [0.2, 0.25) is 5.02 Å². The lowest BCUT2D eigenvalue weighted by Gasteiger charge is -2.12. The van der Waals surface area contributed by atoms with Gasteiger partial charge in [0.05, 0.1) is 16.4 Å². The highest BCUT2D eigenvalue weighted by atomic mass is 79.9. The summed E-state index contributed by atoms with van der Waals surface area (Å²) in [6.45, 7) is 3.72. The summed E-state index contributed by atoms with van der Waals surface area (Å²) in [6.07, 6.45) is 0. The SMILES string of the molecule is Cc1cc(N)c(S(=O)(=O)Nc2ccc(Br)c(Cl)c2)cc1C. The van der Waals surface area contributed by atoms with E-state index < -0.39 is 10.0 Å². The standard InChI is InChI=1S/C14H14BrClN2O2S/c1-8-5-13(17)14(6-9(8)2)21(19,20)18-10-3-4-11(15)12(16)7-10/h3-7,18H,17H2,1-2H3. The highest BCUT2D eigenvalue weighted by Crippen LogP contribution is 2.28. The second kappa shape index (κ2) is 5.87. The Morgan fingerprint density at radius 2 is 1.76 bits per heavy atom. The third-order valence-electron chi connectivity index (χ3n) is 3.09. The molecule has 0 saturated carbocycles. The van der Waals surface area contributed by atoms with Crippen LogP contribution in [0, 0.1) is 13.8 Å². The van der Waals surface area contributed by atoms with E-state index in [4.69, 9.17) is 17.3 Å². The quantitative estimate of drug-likeness (QED) is 0.776. The summed E-state index contributed by atoms with van der Waals surface area (Å²) in [6, 6.07) is 8.03. The number of hydrogen-bond acceptors (Lipinski definition) is 3. The number of halogens is 2. The Morgan fingerprint density at radius 3 is 2.38 bits per heavy atom. The van der Waals surface area contributed by atoms with Crippen molar-refractivity contribution in [3.63, 3.8) is 0 Å². The molecule has 0 saturated heterocycles. The van der Waals surface area contributed by atoms with Gasteiger partial charge in [0.1, 0.15) is 4.90 Å². The minimum absolute atomic E-state index is 0.0599. The molecule has 0 amide bonds. The zero-order valence-electron chi connectivity index (χ0n) is 11.4. The molecule has 0 heterocycles. The maximum absolute atomic E-state index is 12.4. The van der Waals surface area contributed by atoms with Crippen molar-refractivity contribution in [2.24, 2.45) is 0 Å². The fourth-order valence-electron chi connectivity index (χ4n) is 1.81. The number of nitrogens with two attached hydrogens (primary N) is 1. The molecule has 7 heteroatoms. The highest BCUT2D eigenvalue weighted by Gasteiger charge is 2.19. The van der Waals surface area contributed by atoms with Crippen molar-refractivity contribution in [3.8, 4) is 0 Å². The van der Waals surface area contributed by atoms with Crippen LogP contribution in [-0.4, -0.2) is 8.42 Å². The van der Waals surface area contributed by atoms with E-state index in [2.05, 4.69) is 20.7 Å². The van der Waals surface area contributed by atoms with E-state index in [1.807, 2.05) is 13.8 Å². The summed E-state index contributed by atoms with van der Waals surface area (Å²) in [7, 11) is -3.76. The van der Waals surface area contributed by atoms with Crippen LogP contribution in [-0.2, 0) is 10.0 Å². The number of hydrogen-bond donors (Lipinski definition) is 2. The van der Waals surface area contributed by atoms with E-state index in [9.17, 15) is 8.42 Å². The first kappa shape index (κ1) is 16.1. The van der Waals surface area contributed by atoms with Gasteiger partial charge in [0.15, 0.2) is 0 Å². The monoisotopic (exact) mass is 388 g/mol. The first-order valence-corrected chi connectivity index (χ1v) is 8.71. The van der Waals surface area contributed by atoms with E-state index in [1.54, 1.807) is 24.3 Å². The van der Waals surface area contributed by atoms with Crippen LogP contribution in [0.3, 0.4) is 0 Å². The second-order valence-corrected chi connectivity index (χ2v) is 7.62. The number of benzene rings is 2. The molecule has 3 N–H and O–H groups in total. The van der Waals surface area contributed by atoms with E-state index in [0.29, 0.717) is 15.2 Å². The van der Waals surface area contributed by atoms with Crippen molar-refractivity contribution in [2.75, 3.05) is 10.5 Å². The zero-order chi connectivity index (χ0) is 15.8. The molecule has 0 fully saturated rings. The second-order valence-electron chi connectivity index (χ2n) is 4.71. The summed E-state index contributed by atoms with van der Waals surface area (Å²) in [5, 5.41) is 0.420. The molecule has 112 valence electrons. The first-order valence-electron chi connectivity index (χ1n) is 6.05. The number of anilines is 2. The van der Waals surface area contributed by atoms with Gasteiger partial charge >= 0.3 is 0 Å². The smallest absolute Gasteiger partial charge is 0.263 e. The minimum Gasteiger partial charge on any atom is -0.398 e. The summed E-state index contributed by atoms with van der Waals surface area (Å²) >= 11 is 9.21. The molecule has 0 radical (unpaired) electrons. The molecule has 21 heavy (non-hydrogen) atoms. The maximum atomic E-state index is 12.4. The van der Waals surface area contributed by atoms with Crippen LogP contribution in [0.1, 0.15) is 11.1 Å². The predicted octanol–water partition coefficient (Wildman–Crippen LogP) is 4.10. The van der Waals surface area contributed by atoms with Gasteiger partial charge in [-0.1, -0.05) is 11.6 Å². The first-order chi connectivity index (χ1) is 9.70. The molecule has 0 aliphatic carbocycles. The highest BCUT2D eigenvalue weighted by molar-refractivity contribution is 9.10. The van der Waals surface area contributed by atoms with Crippen LogP contribution in [0.4, 0.5) is 11.4 Å².